The zero-order chi connectivity index (χ0) is 23.0. The molecule has 1 aliphatic heterocycles. The van der Waals surface area contributed by atoms with Crippen LogP contribution in [0.3, 0.4) is 0 Å². The van der Waals surface area contributed by atoms with Crippen molar-refractivity contribution in [1.29, 1.82) is 0 Å². The van der Waals surface area contributed by atoms with Crippen molar-refractivity contribution in [2.75, 3.05) is 20.3 Å². The van der Waals surface area contributed by atoms with Crippen LogP contribution in [0.5, 0.6) is 11.5 Å². The van der Waals surface area contributed by atoms with E-state index in [0.717, 1.165) is 30.3 Å². The molecule has 0 saturated heterocycles. The Bertz CT molecular complexity index is 1150. The van der Waals surface area contributed by atoms with Crippen LogP contribution in [0, 0.1) is 12.4 Å². The van der Waals surface area contributed by atoms with Crippen LogP contribution in [0.25, 0.3) is 4.85 Å². The summed E-state index contributed by atoms with van der Waals surface area (Å²) in [5.41, 5.74) is -2.07. The van der Waals surface area contributed by atoms with E-state index >= 15 is 0 Å². The highest BCUT2D eigenvalue weighted by Gasteiger charge is 2.62. The number of nitrogens with one attached hydrogen (secondary N) is 1. The Morgan fingerprint density at radius 2 is 1.97 bits per heavy atom. The van der Waals surface area contributed by atoms with Gasteiger partial charge in [0.25, 0.3) is 6.43 Å². The van der Waals surface area contributed by atoms with Gasteiger partial charge < -0.3 is 14.8 Å². The summed E-state index contributed by atoms with van der Waals surface area (Å²) in [4.78, 5) is 2.07. The molecule has 1 unspecified atom stereocenters. The smallest absolute Gasteiger partial charge is 0.368 e. The molecule has 6 nitrogen and oxygen atoms in total. The molecule has 0 spiro atoms. The summed E-state index contributed by atoms with van der Waals surface area (Å²) in [5.74, 6) is -1.84. The van der Waals surface area contributed by atoms with E-state index in [0.29, 0.717) is 0 Å². The maximum atomic E-state index is 14.7. The third-order valence-corrected chi connectivity index (χ3v) is 6.45. The zero-order valence-corrected chi connectivity index (χ0v) is 16.7. The molecule has 1 heterocycles. The summed E-state index contributed by atoms with van der Waals surface area (Å²) in [6.07, 6.45) is -3.39. The van der Waals surface area contributed by atoms with Gasteiger partial charge in [-0.2, -0.15) is 8.78 Å². The zero-order valence-electron chi connectivity index (χ0n) is 15.8. The molecule has 166 valence electrons. The van der Waals surface area contributed by atoms with Crippen LogP contribution >= 0.6 is 0 Å². The Balaban J connectivity index is 2.17. The quantitative estimate of drug-likeness (QED) is 0.365. The molecule has 2 aromatic rings. The minimum absolute atomic E-state index is 0.0785. The summed E-state index contributed by atoms with van der Waals surface area (Å²) in [7, 11) is -3.97. The van der Waals surface area contributed by atoms with Crippen LogP contribution in [-0.4, -0.2) is 33.9 Å². The molecule has 0 fully saturated rings. The van der Waals surface area contributed by atoms with Crippen LogP contribution in [0.1, 0.15) is 23.6 Å². The van der Waals surface area contributed by atoms with E-state index in [2.05, 4.69) is 10.2 Å². The van der Waals surface area contributed by atoms with Gasteiger partial charge in [-0.05, 0) is 24.3 Å². The number of fused-ring (bicyclic) bond motifs is 1. The van der Waals surface area contributed by atoms with Crippen LogP contribution in [0.2, 0.25) is 0 Å². The first-order valence-electron chi connectivity index (χ1n) is 8.70. The minimum Gasteiger partial charge on any atom is -0.458 e. The number of nitrogens with zero attached hydrogens (tertiary/aromatic N) is 1. The predicted molar refractivity (Wildman–Crippen MR) is 98.9 cm³/mol. The Kier molecular flexibility index (Phi) is 6.22. The van der Waals surface area contributed by atoms with E-state index in [1.807, 2.05) is 0 Å². The number of rotatable bonds is 7. The van der Waals surface area contributed by atoms with E-state index in [4.69, 9.17) is 16.0 Å². The highest BCUT2D eigenvalue weighted by Crippen LogP contribution is 2.54. The van der Waals surface area contributed by atoms with Crippen LogP contribution < -0.4 is 10.1 Å². The Labute approximate surface area is 174 Å². The molecule has 2 aromatic carbocycles. The molecule has 0 radical (unpaired) electrons. The Morgan fingerprint density at radius 1 is 1.26 bits per heavy atom. The summed E-state index contributed by atoms with van der Waals surface area (Å²) in [5, 5.41) is -2.15. The van der Waals surface area contributed by atoms with Gasteiger partial charge in [-0.15, -0.1) is 0 Å². The van der Waals surface area contributed by atoms with E-state index in [1.165, 1.54) is 7.11 Å². The van der Waals surface area contributed by atoms with E-state index in [9.17, 15) is 30.4 Å². The molecule has 0 aliphatic carbocycles. The number of methoxy groups -OCH3 is 1. The second-order valence-electron chi connectivity index (χ2n) is 6.49. The fraction of sp³-hybridized carbons (Fsp3) is 0.316. The van der Waals surface area contributed by atoms with Gasteiger partial charge in [0.05, 0.1) is 23.6 Å². The minimum atomic E-state index is -5.26. The van der Waals surface area contributed by atoms with Gasteiger partial charge in [0.15, 0.2) is 5.69 Å². The average Bonchev–Trinajstić information content (AvgIpc) is 2.84. The molecule has 0 amide bonds. The largest absolute Gasteiger partial charge is 0.458 e. The number of alkyl halides is 4. The lowest BCUT2D eigenvalue weighted by atomic mass is 9.99. The molecule has 0 aromatic heterocycles. The van der Waals surface area contributed by atoms with Crippen molar-refractivity contribution in [2.45, 2.75) is 22.6 Å². The first kappa shape index (κ1) is 22.9. The van der Waals surface area contributed by atoms with Gasteiger partial charge in [0.2, 0.25) is 9.84 Å². The number of halogens is 5. The standard InChI is InChI=1S/C19H15F5N2O4S/c1-25-11-7-10(20)8-12(9-11)30-13-3-4-14-16(15(13)18(21)22)17(26-5-6-29-2)19(23,24)31(14,27)28/h3-4,7-9,17-18,26H,5-6H2,2H3. The molecule has 3 rings (SSSR count). The summed E-state index contributed by atoms with van der Waals surface area (Å²) >= 11 is 0. The fourth-order valence-electron chi connectivity index (χ4n) is 3.24. The van der Waals surface area contributed by atoms with Crippen molar-refractivity contribution in [1.82, 2.24) is 5.32 Å². The Morgan fingerprint density at radius 3 is 2.58 bits per heavy atom. The van der Waals surface area contributed by atoms with Gasteiger partial charge >= 0.3 is 5.25 Å². The molecule has 1 aliphatic rings. The lowest BCUT2D eigenvalue weighted by Gasteiger charge is -2.22. The predicted octanol–water partition coefficient (Wildman–Crippen LogP) is 4.76. The van der Waals surface area contributed by atoms with Crippen molar-refractivity contribution in [3.05, 3.63) is 58.7 Å². The average molecular weight is 462 g/mol. The molecular weight excluding hydrogens is 447 g/mol. The van der Waals surface area contributed by atoms with Gasteiger partial charge in [-0.25, -0.2) is 26.4 Å². The van der Waals surface area contributed by atoms with E-state index in [1.54, 1.807) is 0 Å². The second-order valence-corrected chi connectivity index (χ2v) is 8.49. The van der Waals surface area contributed by atoms with Crippen molar-refractivity contribution in [3.63, 3.8) is 0 Å². The third kappa shape index (κ3) is 3.96. The normalized spacial score (nSPS) is 18.6. The first-order chi connectivity index (χ1) is 14.5. The summed E-state index contributed by atoms with van der Waals surface area (Å²) in [6, 6.07) is 2.04. The maximum Gasteiger partial charge on any atom is 0.368 e. The van der Waals surface area contributed by atoms with E-state index < -0.39 is 55.1 Å². The molecule has 1 atom stereocenters. The summed E-state index contributed by atoms with van der Waals surface area (Å²) < 4.78 is 106. The monoisotopic (exact) mass is 462 g/mol. The summed E-state index contributed by atoms with van der Waals surface area (Å²) in [6.45, 7) is 6.62. The van der Waals surface area contributed by atoms with Crippen molar-refractivity contribution < 1.29 is 39.8 Å². The van der Waals surface area contributed by atoms with Crippen LogP contribution in [0.15, 0.2) is 35.2 Å². The second kappa shape index (κ2) is 8.41. The molecular formula is C19H15F5N2O4S. The lowest BCUT2D eigenvalue weighted by molar-refractivity contribution is 0.0477. The van der Waals surface area contributed by atoms with Crippen molar-refractivity contribution in [2.24, 2.45) is 0 Å². The lowest BCUT2D eigenvalue weighted by Crippen LogP contribution is -2.39. The van der Waals surface area contributed by atoms with Crippen molar-refractivity contribution >= 4 is 15.5 Å². The highest BCUT2D eigenvalue weighted by molar-refractivity contribution is 7.92. The van der Waals surface area contributed by atoms with Gasteiger partial charge in [-0.1, -0.05) is 0 Å². The molecule has 12 heteroatoms. The topological polar surface area (TPSA) is 69.0 Å². The molecule has 1 N–H and O–H groups in total. The van der Waals surface area contributed by atoms with Gasteiger partial charge in [0.1, 0.15) is 23.4 Å². The number of hydrogen-bond acceptors (Lipinski definition) is 5. The fourth-order valence-corrected chi connectivity index (χ4v) is 4.81. The molecule has 0 bridgehead atoms. The highest BCUT2D eigenvalue weighted by atomic mass is 32.2. The Hall–Kier alpha value is -2.75. The number of hydrogen-bond donors (Lipinski definition) is 1. The van der Waals surface area contributed by atoms with Crippen molar-refractivity contribution in [3.8, 4) is 11.5 Å². The molecule has 0 saturated carbocycles. The van der Waals surface area contributed by atoms with E-state index in [-0.39, 0.29) is 24.6 Å². The van der Waals surface area contributed by atoms with Crippen LogP contribution in [-0.2, 0) is 14.6 Å². The molecule has 31 heavy (non-hydrogen) atoms. The van der Waals surface area contributed by atoms with Crippen LogP contribution in [0.4, 0.5) is 27.6 Å². The number of sulfone groups is 1. The van der Waals surface area contributed by atoms with Gasteiger partial charge in [-0.3, -0.25) is 0 Å². The first-order valence-corrected chi connectivity index (χ1v) is 10.2. The number of benzene rings is 2. The van der Waals surface area contributed by atoms with Gasteiger partial charge in [0, 0.05) is 25.3 Å². The third-order valence-electron chi connectivity index (χ3n) is 4.57. The SMILES string of the molecule is [C-]#[N+]c1cc(F)cc(Oc2ccc3c(c2C(F)F)C(NCCOC)C(F)(F)S3(=O)=O)c1. The maximum absolute atomic E-state index is 14.7. The number of ether oxygens (including phenoxy) is 2.